The molecule has 0 saturated heterocycles. The highest BCUT2D eigenvalue weighted by Crippen LogP contribution is 2.32. The summed E-state index contributed by atoms with van der Waals surface area (Å²) >= 11 is 0. The van der Waals surface area contributed by atoms with Crippen molar-refractivity contribution in [3.05, 3.63) is 53.6 Å². The van der Waals surface area contributed by atoms with Crippen LogP contribution >= 0.6 is 0 Å². The Morgan fingerprint density at radius 2 is 1.61 bits per heavy atom. The Kier molecular flexibility index (Phi) is 8.91. The maximum Gasteiger partial charge on any atom is 0.341 e. The standard InChI is InChI=1S/C25H34N2O4/c1-17(2)14-27(15-18(3)4)23-11-10-21(31-16-25(29)30)13-22(23)26-24(28)12-20-8-6-19(5)7-9-20/h6-11,13,17-18H,12,14-16H2,1-5H3,(H,26,28)(H,29,30). The van der Waals surface area contributed by atoms with Gasteiger partial charge in [-0.05, 0) is 36.5 Å². The predicted molar refractivity (Wildman–Crippen MR) is 125 cm³/mol. The minimum Gasteiger partial charge on any atom is -0.482 e. The smallest absolute Gasteiger partial charge is 0.341 e. The summed E-state index contributed by atoms with van der Waals surface area (Å²) in [5, 5.41) is 11.9. The molecule has 6 heteroatoms. The van der Waals surface area contributed by atoms with Crippen LogP contribution in [-0.2, 0) is 16.0 Å². The van der Waals surface area contributed by atoms with E-state index in [1.807, 2.05) is 37.3 Å². The summed E-state index contributed by atoms with van der Waals surface area (Å²) in [6, 6.07) is 13.2. The summed E-state index contributed by atoms with van der Waals surface area (Å²) in [5.41, 5.74) is 3.61. The minimum absolute atomic E-state index is 0.130. The number of carboxylic acids is 1. The van der Waals surface area contributed by atoms with Gasteiger partial charge < -0.3 is 20.1 Å². The molecule has 6 nitrogen and oxygen atoms in total. The summed E-state index contributed by atoms with van der Waals surface area (Å²) < 4.78 is 5.35. The van der Waals surface area contributed by atoms with E-state index < -0.39 is 12.6 Å². The van der Waals surface area contributed by atoms with Crippen LogP contribution in [0, 0.1) is 18.8 Å². The van der Waals surface area contributed by atoms with Gasteiger partial charge in [0, 0.05) is 19.2 Å². The number of anilines is 2. The molecule has 0 bridgehead atoms. The number of nitrogens with zero attached hydrogens (tertiary/aromatic N) is 1. The number of ether oxygens (including phenoxy) is 1. The van der Waals surface area contributed by atoms with E-state index in [1.165, 1.54) is 0 Å². The van der Waals surface area contributed by atoms with Crippen LogP contribution in [0.3, 0.4) is 0 Å². The first-order chi connectivity index (χ1) is 14.6. The van der Waals surface area contributed by atoms with Crippen molar-refractivity contribution < 1.29 is 19.4 Å². The van der Waals surface area contributed by atoms with Gasteiger partial charge in [0.1, 0.15) is 5.75 Å². The van der Waals surface area contributed by atoms with E-state index in [2.05, 4.69) is 37.9 Å². The summed E-state index contributed by atoms with van der Waals surface area (Å²) in [5.74, 6) is 0.117. The summed E-state index contributed by atoms with van der Waals surface area (Å²) in [6.07, 6.45) is 0.258. The van der Waals surface area contributed by atoms with Crippen molar-refractivity contribution in [1.29, 1.82) is 0 Å². The van der Waals surface area contributed by atoms with Crippen LogP contribution < -0.4 is 15.0 Å². The molecule has 1 amide bonds. The quantitative estimate of drug-likeness (QED) is 0.542. The van der Waals surface area contributed by atoms with Crippen LogP contribution in [0.1, 0.15) is 38.8 Å². The highest BCUT2D eigenvalue weighted by atomic mass is 16.5. The van der Waals surface area contributed by atoms with E-state index in [0.717, 1.165) is 29.9 Å². The van der Waals surface area contributed by atoms with E-state index in [-0.39, 0.29) is 12.3 Å². The van der Waals surface area contributed by atoms with Crippen LogP contribution in [-0.4, -0.2) is 36.7 Å². The first-order valence-corrected chi connectivity index (χ1v) is 10.7. The molecule has 168 valence electrons. The SMILES string of the molecule is Cc1ccc(CC(=O)Nc2cc(OCC(=O)O)ccc2N(CC(C)C)CC(C)C)cc1. The number of benzene rings is 2. The molecule has 31 heavy (non-hydrogen) atoms. The number of carbonyl (C=O) groups excluding carboxylic acids is 1. The molecule has 0 aliphatic rings. The molecular formula is C25H34N2O4. The molecule has 0 spiro atoms. The molecule has 0 heterocycles. The second kappa shape index (κ2) is 11.4. The number of carboxylic acid groups (broad SMARTS) is 1. The lowest BCUT2D eigenvalue weighted by molar-refractivity contribution is -0.139. The van der Waals surface area contributed by atoms with Gasteiger partial charge >= 0.3 is 5.97 Å². The van der Waals surface area contributed by atoms with Crippen LogP contribution in [0.4, 0.5) is 11.4 Å². The summed E-state index contributed by atoms with van der Waals surface area (Å²) in [7, 11) is 0. The molecule has 2 rings (SSSR count). The monoisotopic (exact) mass is 426 g/mol. The van der Waals surface area contributed by atoms with Gasteiger partial charge in [-0.2, -0.15) is 0 Å². The number of hydrogen-bond acceptors (Lipinski definition) is 4. The van der Waals surface area contributed by atoms with Crippen LogP contribution in [0.15, 0.2) is 42.5 Å². The Bertz CT molecular complexity index is 866. The molecule has 0 unspecified atom stereocenters. The maximum atomic E-state index is 12.8. The van der Waals surface area contributed by atoms with Crippen molar-refractivity contribution in [2.24, 2.45) is 11.8 Å². The summed E-state index contributed by atoms with van der Waals surface area (Å²) in [4.78, 5) is 25.9. The number of aryl methyl sites for hydroxylation is 1. The average Bonchev–Trinajstić information content (AvgIpc) is 2.67. The molecular weight excluding hydrogens is 392 g/mol. The second-order valence-electron chi connectivity index (χ2n) is 8.76. The van der Waals surface area contributed by atoms with E-state index in [4.69, 9.17) is 9.84 Å². The van der Waals surface area contributed by atoms with Crippen molar-refractivity contribution in [3.63, 3.8) is 0 Å². The lowest BCUT2D eigenvalue weighted by Crippen LogP contribution is -2.32. The number of rotatable bonds is 11. The third-order valence-electron chi connectivity index (χ3n) is 4.60. The van der Waals surface area contributed by atoms with Gasteiger partial charge in [-0.25, -0.2) is 4.79 Å². The normalized spacial score (nSPS) is 10.9. The largest absolute Gasteiger partial charge is 0.482 e. The fourth-order valence-corrected chi connectivity index (χ4v) is 3.36. The van der Waals surface area contributed by atoms with E-state index in [9.17, 15) is 9.59 Å². The minimum atomic E-state index is -1.05. The first-order valence-electron chi connectivity index (χ1n) is 10.7. The third kappa shape index (κ3) is 8.32. The molecule has 0 fully saturated rings. The molecule has 2 aromatic rings. The fourth-order valence-electron chi connectivity index (χ4n) is 3.36. The Morgan fingerprint density at radius 1 is 1.00 bits per heavy atom. The zero-order valence-corrected chi connectivity index (χ0v) is 19.1. The number of carbonyl (C=O) groups is 2. The molecule has 0 aliphatic heterocycles. The van der Waals surface area contributed by atoms with Gasteiger partial charge in [0.15, 0.2) is 6.61 Å². The molecule has 2 N–H and O–H groups in total. The zero-order chi connectivity index (χ0) is 23.0. The van der Waals surface area contributed by atoms with Crippen molar-refractivity contribution >= 4 is 23.3 Å². The lowest BCUT2D eigenvalue weighted by atomic mass is 10.1. The van der Waals surface area contributed by atoms with Crippen molar-refractivity contribution in [2.45, 2.75) is 41.0 Å². The van der Waals surface area contributed by atoms with Crippen molar-refractivity contribution in [3.8, 4) is 5.75 Å². The molecule has 2 aromatic carbocycles. The average molecular weight is 427 g/mol. The fraction of sp³-hybridized carbons (Fsp3) is 0.440. The van der Waals surface area contributed by atoms with E-state index in [1.54, 1.807) is 12.1 Å². The number of amides is 1. The predicted octanol–water partition coefficient (Wildman–Crippen LogP) is 4.76. The van der Waals surface area contributed by atoms with Gasteiger partial charge in [-0.3, -0.25) is 4.79 Å². The van der Waals surface area contributed by atoms with Gasteiger partial charge in [0.25, 0.3) is 0 Å². The van der Waals surface area contributed by atoms with Gasteiger partial charge in [0.05, 0.1) is 17.8 Å². The van der Waals surface area contributed by atoms with Gasteiger partial charge in [-0.1, -0.05) is 57.5 Å². The number of nitrogens with one attached hydrogen (secondary N) is 1. The Balaban J connectivity index is 2.31. The third-order valence-corrected chi connectivity index (χ3v) is 4.60. The topological polar surface area (TPSA) is 78.9 Å². The van der Waals surface area contributed by atoms with Crippen LogP contribution in [0.5, 0.6) is 5.75 Å². The highest BCUT2D eigenvalue weighted by Gasteiger charge is 2.17. The zero-order valence-electron chi connectivity index (χ0n) is 19.1. The van der Waals surface area contributed by atoms with Crippen LogP contribution in [0.2, 0.25) is 0 Å². The first kappa shape index (κ1) is 24.3. The molecule has 0 aromatic heterocycles. The Morgan fingerprint density at radius 3 is 2.16 bits per heavy atom. The molecule has 0 radical (unpaired) electrons. The molecule has 0 atom stereocenters. The maximum absolute atomic E-state index is 12.8. The van der Waals surface area contributed by atoms with E-state index in [0.29, 0.717) is 23.3 Å². The van der Waals surface area contributed by atoms with Crippen molar-refractivity contribution in [2.75, 3.05) is 29.9 Å². The molecule has 0 saturated carbocycles. The highest BCUT2D eigenvalue weighted by molar-refractivity contribution is 5.96. The second-order valence-corrected chi connectivity index (χ2v) is 8.76. The van der Waals surface area contributed by atoms with Crippen molar-refractivity contribution in [1.82, 2.24) is 0 Å². The Labute approximate surface area is 185 Å². The number of hydrogen-bond donors (Lipinski definition) is 2. The van der Waals surface area contributed by atoms with Crippen LogP contribution in [0.25, 0.3) is 0 Å². The molecule has 0 aliphatic carbocycles. The van der Waals surface area contributed by atoms with Gasteiger partial charge in [-0.15, -0.1) is 0 Å². The lowest BCUT2D eigenvalue weighted by Gasteiger charge is -2.30. The van der Waals surface area contributed by atoms with E-state index >= 15 is 0 Å². The number of aliphatic carboxylic acids is 1. The van der Waals surface area contributed by atoms with Gasteiger partial charge in [0.2, 0.25) is 5.91 Å². The summed E-state index contributed by atoms with van der Waals surface area (Å²) in [6.45, 7) is 11.9. The Hall–Kier alpha value is -3.02.